The molecule has 2 aromatic carbocycles. The molecule has 1 aliphatic heterocycles. The van der Waals surface area contributed by atoms with Gasteiger partial charge < -0.3 is 24.8 Å². The van der Waals surface area contributed by atoms with Crippen molar-refractivity contribution in [3.63, 3.8) is 0 Å². The van der Waals surface area contributed by atoms with Crippen LogP contribution < -0.4 is 20.1 Å². The fourth-order valence-electron chi connectivity index (χ4n) is 3.41. The molecule has 0 unspecified atom stereocenters. The Bertz CT molecular complexity index is 1070. The number of hydrogen-bond donors (Lipinski definition) is 2. The third kappa shape index (κ3) is 5.20. The highest BCUT2D eigenvalue weighted by Gasteiger charge is 2.31. The van der Waals surface area contributed by atoms with Crippen molar-refractivity contribution in [3.05, 3.63) is 64.2 Å². The Morgan fingerprint density at radius 3 is 2.53 bits per heavy atom. The molecule has 0 saturated heterocycles. The van der Waals surface area contributed by atoms with Crippen molar-refractivity contribution in [2.24, 2.45) is 0 Å². The number of carbonyl (C=O) groups excluding carboxylic acids is 2. The average Bonchev–Trinajstić information content (AvgIpc) is 2.77. The van der Waals surface area contributed by atoms with Crippen LogP contribution in [0.5, 0.6) is 11.5 Å². The molecule has 0 saturated carbocycles. The van der Waals surface area contributed by atoms with Crippen LogP contribution in [0.4, 0.5) is 0 Å². The minimum atomic E-state index is -0.568. The number of carbonyl (C=O) groups is 2. The van der Waals surface area contributed by atoms with Crippen LogP contribution in [0.15, 0.2) is 48.0 Å². The van der Waals surface area contributed by atoms with E-state index in [1.165, 1.54) is 14.0 Å². The Balaban J connectivity index is 2.05. The number of Topliss-reactive ketones (excluding diaryl/α,β-unsaturated/α-hetero) is 1. The molecule has 0 bridgehead atoms. The van der Waals surface area contributed by atoms with Gasteiger partial charge in [-0.2, -0.15) is 0 Å². The van der Waals surface area contributed by atoms with E-state index in [9.17, 15) is 9.59 Å². The van der Waals surface area contributed by atoms with Crippen LogP contribution in [-0.4, -0.2) is 37.2 Å². The Labute approximate surface area is 196 Å². The number of halogens is 1. The average molecular weight is 475 g/mol. The van der Waals surface area contributed by atoms with Crippen molar-refractivity contribution in [1.82, 2.24) is 10.6 Å². The first-order valence-corrected chi connectivity index (χ1v) is 10.7. The van der Waals surface area contributed by atoms with Gasteiger partial charge >= 0.3 is 5.97 Å². The van der Waals surface area contributed by atoms with Crippen LogP contribution in [-0.2, 0) is 14.3 Å². The highest BCUT2D eigenvalue weighted by molar-refractivity contribution is 7.80. The summed E-state index contributed by atoms with van der Waals surface area (Å²) < 4.78 is 15.9. The molecule has 32 heavy (non-hydrogen) atoms. The second-order valence-electron chi connectivity index (χ2n) is 6.87. The Morgan fingerprint density at radius 2 is 1.91 bits per heavy atom. The molecule has 3 rings (SSSR count). The summed E-state index contributed by atoms with van der Waals surface area (Å²) in [6.07, 6.45) is 0. The van der Waals surface area contributed by atoms with Crippen LogP contribution >= 0.6 is 23.8 Å². The molecule has 0 radical (unpaired) electrons. The van der Waals surface area contributed by atoms with E-state index < -0.39 is 12.0 Å². The summed E-state index contributed by atoms with van der Waals surface area (Å²) >= 11 is 11.9. The zero-order chi connectivity index (χ0) is 23.3. The van der Waals surface area contributed by atoms with E-state index in [0.29, 0.717) is 27.7 Å². The largest absolute Gasteiger partial charge is 0.493 e. The van der Waals surface area contributed by atoms with Crippen molar-refractivity contribution in [2.75, 3.05) is 20.3 Å². The fourth-order valence-corrected chi connectivity index (χ4v) is 3.90. The molecule has 1 atom stereocenters. The summed E-state index contributed by atoms with van der Waals surface area (Å²) in [6.45, 7) is 3.14. The molecule has 1 heterocycles. The van der Waals surface area contributed by atoms with Crippen LogP contribution in [0.25, 0.3) is 5.70 Å². The molecule has 9 heteroatoms. The summed E-state index contributed by atoms with van der Waals surface area (Å²) in [5.41, 5.74) is 2.62. The van der Waals surface area contributed by atoms with E-state index in [2.05, 4.69) is 10.6 Å². The van der Waals surface area contributed by atoms with Gasteiger partial charge in [0.2, 0.25) is 0 Å². The summed E-state index contributed by atoms with van der Waals surface area (Å²) in [7, 11) is 1.46. The Morgan fingerprint density at radius 1 is 1.19 bits per heavy atom. The molecule has 0 amide bonds. The molecule has 0 fully saturated rings. The van der Waals surface area contributed by atoms with Gasteiger partial charge in [-0.05, 0) is 49.3 Å². The summed E-state index contributed by atoms with van der Waals surface area (Å²) in [6, 6.07) is 12.3. The third-order valence-corrected chi connectivity index (χ3v) is 5.24. The van der Waals surface area contributed by atoms with Gasteiger partial charge in [0.1, 0.15) is 0 Å². The minimum absolute atomic E-state index is 0.130. The van der Waals surface area contributed by atoms with Crippen molar-refractivity contribution in [3.8, 4) is 11.5 Å². The third-order valence-electron chi connectivity index (χ3n) is 4.74. The first-order valence-electron chi connectivity index (χ1n) is 9.89. The highest BCUT2D eigenvalue weighted by atomic mass is 35.5. The molecule has 0 spiro atoms. The summed E-state index contributed by atoms with van der Waals surface area (Å²) in [4.78, 5) is 24.4. The van der Waals surface area contributed by atoms with E-state index in [1.807, 2.05) is 30.3 Å². The van der Waals surface area contributed by atoms with Crippen molar-refractivity contribution in [2.45, 2.75) is 19.9 Å². The number of methoxy groups -OCH3 is 1. The molecular formula is C23H23ClN2O5S. The van der Waals surface area contributed by atoms with E-state index in [4.69, 9.17) is 38.0 Å². The molecular weight excluding hydrogens is 452 g/mol. The normalized spacial score (nSPS) is 15.5. The number of ketones is 1. The predicted octanol–water partition coefficient (Wildman–Crippen LogP) is 3.81. The topological polar surface area (TPSA) is 85.9 Å². The van der Waals surface area contributed by atoms with E-state index >= 15 is 0 Å². The van der Waals surface area contributed by atoms with Crippen LogP contribution in [0.3, 0.4) is 0 Å². The fraction of sp³-hybridized carbons (Fsp3) is 0.261. The molecule has 2 N–H and O–H groups in total. The maximum Gasteiger partial charge on any atom is 0.344 e. The molecule has 0 aliphatic carbocycles. The second kappa shape index (κ2) is 10.5. The monoisotopic (exact) mass is 474 g/mol. The van der Waals surface area contributed by atoms with Gasteiger partial charge in [-0.3, -0.25) is 4.79 Å². The lowest BCUT2D eigenvalue weighted by atomic mass is 9.90. The Hall–Kier alpha value is -3.10. The number of hydrogen-bond acceptors (Lipinski definition) is 6. The number of nitrogens with one attached hydrogen (secondary N) is 2. The van der Waals surface area contributed by atoms with Crippen molar-refractivity contribution < 1.29 is 23.8 Å². The van der Waals surface area contributed by atoms with Crippen LogP contribution in [0.2, 0.25) is 5.02 Å². The molecule has 1 aliphatic rings. The minimum Gasteiger partial charge on any atom is -0.493 e. The van der Waals surface area contributed by atoms with Gasteiger partial charge in [-0.25, -0.2) is 4.79 Å². The lowest BCUT2D eigenvalue weighted by molar-refractivity contribution is -0.145. The lowest BCUT2D eigenvalue weighted by Crippen LogP contribution is -2.44. The van der Waals surface area contributed by atoms with Crippen molar-refractivity contribution in [1.29, 1.82) is 0 Å². The highest BCUT2D eigenvalue weighted by Crippen LogP contribution is 2.41. The molecule has 0 aromatic heterocycles. The molecule has 2 aromatic rings. The van der Waals surface area contributed by atoms with Gasteiger partial charge in [0.05, 0.1) is 30.5 Å². The van der Waals surface area contributed by atoms with Gasteiger partial charge in [0, 0.05) is 5.57 Å². The zero-order valence-electron chi connectivity index (χ0n) is 17.9. The molecule has 7 nitrogen and oxygen atoms in total. The van der Waals surface area contributed by atoms with Gasteiger partial charge in [0.25, 0.3) is 0 Å². The standard InChI is InChI=1S/C23H23ClN2O5S/c1-4-30-18(28)12-31-22-16(24)10-15(11-17(22)29-3)21-19(13(2)27)20(25-23(32)26-21)14-8-6-5-7-9-14/h5-11,21H,4,12H2,1-3H3,(H2,25,26,32)/t21-/m0/s1. The maximum atomic E-state index is 12.7. The number of esters is 1. The van der Waals surface area contributed by atoms with Crippen molar-refractivity contribution >= 4 is 46.4 Å². The molecule has 168 valence electrons. The van der Waals surface area contributed by atoms with E-state index in [1.54, 1.807) is 19.1 Å². The summed E-state index contributed by atoms with van der Waals surface area (Å²) in [5, 5.41) is 6.84. The lowest BCUT2D eigenvalue weighted by Gasteiger charge is -2.31. The zero-order valence-corrected chi connectivity index (χ0v) is 19.4. The number of ether oxygens (including phenoxy) is 3. The number of rotatable bonds is 8. The van der Waals surface area contributed by atoms with Crippen LogP contribution in [0.1, 0.15) is 31.0 Å². The smallest absolute Gasteiger partial charge is 0.344 e. The number of benzene rings is 2. The van der Waals surface area contributed by atoms with E-state index in [-0.39, 0.29) is 29.8 Å². The number of thiocarbonyl (C=S) groups is 1. The first kappa shape index (κ1) is 23.6. The quantitative estimate of drug-likeness (QED) is 0.441. The van der Waals surface area contributed by atoms with Crippen LogP contribution in [0, 0.1) is 0 Å². The summed E-state index contributed by atoms with van der Waals surface area (Å²) in [5.74, 6) is -0.130. The van der Waals surface area contributed by atoms with Gasteiger partial charge in [-0.1, -0.05) is 41.9 Å². The second-order valence-corrected chi connectivity index (χ2v) is 7.69. The SMILES string of the molecule is CCOC(=O)COc1c(Cl)cc([C@@H]2NC(=S)NC(c3ccccc3)=C2C(C)=O)cc1OC. The maximum absolute atomic E-state index is 12.7. The predicted molar refractivity (Wildman–Crippen MR) is 126 cm³/mol. The van der Waals surface area contributed by atoms with Gasteiger partial charge in [0.15, 0.2) is 29.0 Å². The first-order chi connectivity index (χ1) is 15.3. The Kier molecular flexibility index (Phi) is 7.71. The van der Waals surface area contributed by atoms with E-state index in [0.717, 1.165) is 5.56 Å². The van der Waals surface area contributed by atoms with Gasteiger partial charge in [-0.15, -0.1) is 0 Å².